The fourth-order valence-corrected chi connectivity index (χ4v) is 1.88. The zero-order valence-corrected chi connectivity index (χ0v) is 10.9. The van der Waals surface area contributed by atoms with Crippen LogP contribution in [0.15, 0.2) is 0 Å². The van der Waals surface area contributed by atoms with Crippen LogP contribution in [0, 0.1) is 5.41 Å². The highest BCUT2D eigenvalue weighted by Crippen LogP contribution is 2.24. The van der Waals surface area contributed by atoms with Gasteiger partial charge in [-0.15, -0.1) is 0 Å². The summed E-state index contributed by atoms with van der Waals surface area (Å²) in [5.41, 5.74) is -0.296. The maximum Gasteiger partial charge on any atom is 0.163 e. The van der Waals surface area contributed by atoms with E-state index in [4.69, 9.17) is 9.47 Å². The van der Waals surface area contributed by atoms with Crippen molar-refractivity contribution in [2.24, 2.45) is 5.41 Å². The van der Waals surface area contributed by atoms with E-state index in [1.807, 2.05) is 20.8 Å². The molecule has 1 fully saturated rings. The summed E-state index contributed by atoms with van der Waals surface area (Å²) in [6.45, 7) is 6.02. The van der Waals surface area contributed by atoms with E-state index < -0.39 is 0 Å². The molecule has 0 N–H and O–H groups in total. The van der Waals surface area contributed by atoms with Crippen LogP contribution in [0.2, 0.25) is 0 Å². The van der Waals surface area contributed by atoms with Crippen LogP contribution in [-0.4, -0.2) is 31.7 Å². The molecule has 1 aliphatic rings. The third kappa shape index (κ3) is 4.22. The number of ketones is 1. The molecule has 0 aromatic rings. The summed E-state index contributed by atoms with van der Waals surface area (Å²) in [5, 5.41) is 0. The number of hydrogen-bond acceptors (Lipinski definition) is 3. The van der Waals surface area contributed by atoms with E-state index in [-0.39, 0.29) is 23.9 Å². The second-order valence-corrected chi connectivity index (χ2v) is 5.63. The Hall–Kier alpha value is -0.410. The molecule has 16 heavy (non-hydrogen) atoms. The zero-order valence-electron chi connectivity index (χ0n) is 10.9. The van der Waals surface area contributed by atoms with E-state index in [0.717, 1.165) is 25.7 Å². The standard InChI is InChI=1S/C13H24O3/c1-13(2,3)12(14)9-16-11-7-5-6-10(8-11)15-4/h10-11H,5-9H2,1-4H3. The summed E-state index contributed by atoms with van der Waals surface area (Å²) in [6, 6.07) is 0. The van der Waals surface area contributed by atoms with Gasteiger partial charge in [0.1, 0.15) is 6.61 Å². The second kappa shape index (κ2) is 5.78. The lowest BCUT2D eigenvalue weighted by molar-refractivity contribution is -0.134. The quantitative estimate of drug-likeness (QED) is 0.742. The molecule has 1 saturated carbocycles. The van der Waals surface area contributed by atoms with Crippen molar-refractivity contribution in [2.45, 2.75) is 58.7 Å². The molecule has 0 spiro atoms. The molecule has 3 nitrogen and oxygen atoms in total. The molecule has 0 saturated heterocycles. The lowest BCUT2D eigenvalue weighted by Crippen LogP contribution is -2.32. The van der Waals surface area contributed by atoms with Gasteiger partial charge in [0.15, 0.2) is 5.78 Å². The molecular formula is C13H24O3. The van der Waals surface area contributed by atoms with Gasteiger partial charge in [0, 0.05) is 12.5 Å². The fourth-order valence-electron chi connectivity index (χ4n) is 1.88. The first-order valence-corrected chi connectivity index (χ1v) is 6.11. The molecule has 94 valence electrons. The van der Waals surface area contributed by atoms with Crippen LogP contribution in [0.5, 0.6) is 0 Å². The van der Waals surface area contributed by atoms with Gasteiger partial charge in [-0.1, -0.05) is 20.8 Å². The number of Topliss-reactive ketones (excluding diaryl/α,β-unsaturated/α-hetero) is 1. The van der Waals surface area contributed by atoms with Crippen molar-refractivity contribution in [3.63, 3.8) is 0 Å². The first-order chi connectivity index (χ1) is 7.43. The first-order valence-electron chi connectivity index (χ1n) is 6.11. The first kappa shape index (κ1) is 13.7. The molecule has 0 aromatic heterocycles. The van der Waals surface area contributed by atoms with Crippen LogP contribution >= 0.6 is 0 Å². The van der Waals surface area contributed by atoms with Gasteiger partial charge in [0.05, 0.1) is 12.2 Å². The van der Waals surface area contributed by atoms with Crippen molar-refractivity contribution in [1.29, 1.82) is 0 Å². The number of methoxy groups -OCH3 is 1. The van der Waals surface area contributed by atoms with E-state index in [1.165, 1.54) is 0 Å². The number of carbonyl (C=O) groups is 1. The molecule has 0 radical (unpaired) electrons. The van der Waals surface area contributed by atoms with E-state index in [9.17, 15) is 4.79 Å². The summed E-state index contributed by atoms with van der Waals surface area (Å²) in [5.74, 6) is 0.173. The van der Waals surface area contributed by atoms with Crippen LogP contribution in [0.4, 0.5) is 0 Å². The van der Waals surface area contributed by atoms with Gasteiger partial charge in [-0.05, 0) is 25.7 Å². The zero-order chi connectivity index (χ0) is 12.2. The Kier molecular flexibility index (Phi) is 4.93. The Labute approximate surface area is 98.5 Å². The Morgan fingerprint density at radius 3 is 2.44 bits per heavy atom. The van der Waals surface area contributed by atoms with Crippen molar-refractivity contribution in [3.8, 4) is 0 Å². The highest BCUT2D eigenvalue weighted by Gasteiger charge is 2.26. The van der Waals surface area contributed by atoms with Gasteiger partial charge >= 0.3 is 0 Å². The SMILES string of the molecule is COC1CCCC(OCC(=O)C(C)(C)C)C1. The van der Waals surface area contributed by atoms with Crippen LogP contribution in [0.1, 0.15) is 46.5 Å². The van der Waals surface area contributed by atoms with Gasteiger partial charge in [0.2, 0.25) is 0 Å². The fraction of sp³-hybridized carbons (Fsp3) is 0.923. The normalized spacial score (nSPS) is 26.8. The monoisotopic (exact) mass is 228 g/mol. The average molecular weight is 228 g/mol. The van der Waals surface area contributed by atoms with Gasteiger partial charge in [-0.2, -0.15) is 0 Å². The molecule has 0 aliphatic heterocycles. The Morgan fingerprint density at radius 1 is 1.25 bits per heavy atom. The van der Waals surface area contributed by atoms with Crippen molar-refractivity contribution in [2.75, 3.05) is 13.7 Å². The van der Waals surface area contributed by atoms with E-state index in [0.29, 0.717) is 6.10 Å². The van der Waals surface area contributed by atoms with Gasteiger partial charge < -0.3 is 9.47 Å². The largest absolute Gasteiger partial charge is 0.381 e. The summed E-state index contributed by atoms with van der Waals surface area (Å²) in [7, 11) is 1.74. The summed E-state index contributed by atoms with van der Waals surface area (Å²) in [6.07, 6.45) is 4.73. The number of carbonyl (C=O) groups excluding carboxylic acids is 1. The third-order valence-electron chi connectivity index (χ3n) is 3.20. The van der Waals surface area contributed by atoms with Gasteiger partial charge in [0.25, 0.3) is 0 Å². The molecule has 1 aliphatic carbocycles. The molecule has 0 bridgehead atoms. The van der Waals surface area contributed by atoms with E-state index in [2.05, 4.69) is 0 Å². The Balaban J connectivity index is 2.30. The maximum absolute atomic E-state index is 11.7. The lowest BCUT2D eigenvalue weighted by Gasteiger charge is -2.28. The highest BCUT2D eigenvalue weighted by atomic mass is 16.5. The van der Waals surface area contributed by atoms with Crippen molar-refractivity contribution < 1.29 is 14.3 Å². The molecule has 1 rings (SSSR count). The number of rotatable bonds is 4. The molecule has 0 amide bonds. The average Bonchev–Trinajstić information content (AvgIpc) is 2.25. The lowest BCUT2D eigenvalue weighted by atomic mass is 9.91. The van der Waals surface area contributed by atoms with Crippen molar-refractivity contribution >= 4 is 5.78 Å². The van der Waals surface area contributed by atoms with Crippen LogP contribution in [-0.2, 0) is 14.3 Å². The van der Waals surface area contributed by atoms with Gasteiger partial charge in [-0.25, -0.2) is 0 Å². The number of hydrogen-bond donors (Lipinski definition) is 0. The van der Waals surface area contributed by atoms with E-state index >= 15 is 0 Å². The van der Waals surface area contributed by atoms with Gasteiger partial charge in [-0.3, -0.25) is 4.79 Å². The minimum atomic E-state index is -0.296. The predicted molar refractivity (Wildman–Crippen MR) is 63.5 cm³/mol. The topological polar surface area (TPSA) is 35.5 Å². The Morgan fingerprint density at radius 2 is 1.88 bits per heavy atom. The molecule has 0 aromatic carbocycles. The van der Waals surface area contributed by atoms with Crippen molar-refractivity contribution in [3.05, 3.63) is 0 Å². The number of ether oxygens (including phenoxy) is 2. The van der Waals surface area contributed by atoms with E-state index in [1.54, 1.807) is 7.11 Å². The molecule has 2 unspecified atom stereocenters. The molecule has 2 atom stereocenters. The van der Waals surface area contributed by atoms with Crippen LogP contribution in [0.25, 0.3) is 0 Å². The minimum Gasteiger partial charge on any atom is -0.381 e. The maximum atomic E-state index is 11.7. The van der Waals surface area contributed by atoms with Crippen LogP contribution < -0.4 is 0 Å². The Bertz CT molecular complexity index is 230. The van der Waals surface area contributed by atoms with Crippen molar-refractivity contribution in [1.82, 2.24) is 0 Å². The summed E-state index contributed by atoms with van der Waals surface area (Å²) in [4.78, 5) is 11.7. The molecule has 0 heterocycles. The van der Waals surface area contributed by atoms with Crippen LogP contribution in [0.3, 0.4) is 0 Å². The second-order valence-electron chi connectivity index (χ2n) is 5.63. The summed E-state index contributed by atoms with van der Waals surface area (Å²) < 4.78 is 11.0. The highest BCUT2D eigenvalue weighted by molar-refractivity contribution is 5.84. The minimum absolute atomic E-state index is 0.173. The predicted octanol–water partition coefficient (Wildman–Crippen LogP) is 2.58. The third-order valence-corrected chi connectivity index (χ3v) is 3.20. The summed E-state index contributed by atoms with van der Waals surface area (Å²) >= 11 is 0. The molecular weight excluding hydrogens is 204 g/mol. The smallest absolute Gasteiger partial charge is 0.163 e. The molecule has 3 heteroatoms.